The fourth-order valence-electron chi connectivity index (χ4n) is 11.3. The Morgan fingerprint density at radius 1 is 0.705 bits per heavy atom. The maximum atomic E-state index is 14.7. The van der Waals surface area contributed by atoms with Gasteiger partial charge in [-0.05, 0) is 144 Å². The van der Waals surface area contributed by atoms with Crippen LogP contribution in [0.1, 0.15) is 48.7 Å². The van der Waals surface area contributed by atoms with Crippen LogP contribution in [0, 0.1) is 5.82 Å². The largest absolute Gasteiger partial charge is 0.543 e. The number of furan rings is 1. The summed E-state index contributed by atoms with van der Waals surface area (Å²) in [5, 5.41) is 11.5. The van der Waals surface area contributed by atoms with E-state index in [1.165, 1.54) is 18.5 Å². The highest BCUT2D eigenvalue weighted by atomic mass is 35.5. The number of halogens is 3. The fourth-order valence-corrected chi connectivity index (χ4v) is 12.9. The van der Waals surface area contributed by atoms with Crippen LogP contribution in [0.3, 0.4) is 0 Å². The summed E-state index contributed by atoms with van der Waals surface area (Å²) in [6.07, 6.45) is 0.376. The molecule has 0 radical (unpaired) electrons. The number of hydrogen-bond donors (Lipinski definition) is 1. The van der Waals surface area contributed by atoms with Crippen molar-refractivity contribution in [3.05, 3.63) is 220 Å². The summed E-state index contributed by atoms with van der Waals surface area (Å²) in [5.41, 5.74) is 4.32. The van der Waals surface area contributed by atoms with E-state index in [9.17, 15) is 14.3 Å². The van der Waals surface area contributed by atoms with Gasteiger partial charge in [-0.2, -0.15) is 0 Å². The number of aromatic nitrogens is 4. The number of piperazine rings is 1. The molecule has 1 N–H and O–H groups in total. The molecule has 17 nitrogen and oxygen atoms in total. The molecule has 1 aliphatic heterocycles. The number of methoxy groups -OCH3 is 3. The van der Waals surface area contributed by atoms with Crippen LogP contribution in [0.2, 0.25) is 28.2 Å². The van der Waals surface area contributed by atoms with Crippen molar-refractivity contribution in [3.8, 4) is 74.2 Å². The first kappa shape index (κ1) is 67.3. The molecule has 21 heteroatoms. The topological polar surface area (TPSA) is 182 Å². The number of fused-ring (bicyclic) bond motifs is 1. The molecule has 492 valence electrons. The lowest BCUT2D eigenvalue weighted by Crippen LogP contribution is -2.49. The molecular weight excluding hydrogens is 1270 g/mol. The van der Waals surface area contributed by atoms with Gasteiger partial charge < -0.3 is 52.0 Å². The Hall–Kier alpha value is -9.08. The second-order valence-electron chi connectivity index (χ2n) is 24.7. The number of benzene rings is 7. The highest BCUT2D eigenvalue weighted by Gasteiger charge is 2.41. The zero-order chi connectivity index (χ0) is 67.0. The molecule has 95 heavy (non-hydrogen) atoms. The third-order valence-corrected chi connectivity index (χ3v) is 22.4. The number of carbonyl (C=O) groups is 1. The average Bonchev–Trinajstić information content (AvgIpc) is 1.55. The number of likely N-dealkylation sites (N-methyl/N-ethyl adjacent to an activating group) is 1. The summed E-state index contributed by atoms with van der Waals surface area (Å²) >= 11 is 15.0. The minimum Gasteiger partial charge on any atom is -0.543 e. The summed E-state index contributed by atoms with van der Waals surface area (Å²) in [7, 11) is 4.54. The zero-order valence-corrected chi connectivity index (χ0v) is 56.9. The third kappa shape index (κ3) is 15.2. The normalized spacial score (nSPS) is 13.9. The van der Waals surface area contributed by atoms with Crippen molar-refractivity contribution in [3.63, 3.8) is 0 Å². The van der Waals surface area contributed by atoms with Crippen molar-refractivity contribution in [1.82, 2.24) is 29.7 Å². The molecular formula is C74H75Cl2FN6O11Si. The number of hydrogen-bond acceptors (Lipinski definition) is 16. The number of aliphatic carboxylic acids is 1. The Balaban J connectivity index is 0.961. The summed E-state index contributed by atoms with van der Waals surface area (Å²) in [4.78, 5) is 36.8. The molecule has 4 heterocycles. The number of carboxylic acid groups (broad SMARTS) is 1. The minimum absolute atomic E-state index is 0.000444. The van der Waals surface area contributed by atoms with Gasteiger partial charge in [-0.25, -0.2) is 29.1 Å². The van der Waals surface area contributed by atoms with Gasteiger partial charge in [0, 0.05) is 62.0 Å². The van der Waals surface area contributed by atoms with Crippen LogP contribution >= 0.6 is 23.2 Å². The summed E-state index contributed by atoms with van der Waals surface area (Å²) < 4.78 is 72.6. The van der Waals surface area contributed by atoms with Gasteiger partial charge in [0.25, 0.3) is 0 Å². The lowest BCUT2D eigenvalue weighted by atomic mass is 9.80. The van der Waals surface area contributed by atoms with Gasteiger partial charge >= 0.3 is 5.97 Å². The van der Waals surface area contributed by atoms with E-state index >= 15 is 0 Å². The number of nitrogens with zero attached hydrogens (tertiary/aromatic N) is 6. The number of para-hydroxylation sites is 1. The van der Waals surface area contributed by atoms with E-state index in [-0.39, 0.29) is 63.2 Å². The van der Waals surface area contributed by atoms with E-state index in [0.717, 1.165) is 42.9 Å². The van der Waals surface area contributed by atoms with Crippen LogP contribution < -0.4 is 32.8 Å². The molecule has 1 fully saturated rings. The van der Waals surface area contributed by atoms with E-state index in [1.807, 2.05) is 109 Å². The van der Waals surface area contributed by atoms with E-state index in [2.05, 4.69) is 65.7 Å². The Morgan fingerprint density at radius 2 is 1.34 bits per heavy atom. The van der Waals surface area contributed by atoms with Gasteiger partial charge in [0.1, 0.15) is 70.4 Å². The van der Waals surface area contributed by atoms with E-state index in [0.29, 0.717) is 74.6 Å². The smallest absolute Gasteiger partial charge is 0.345 e. The molecule has 1 saturated heterocycles. The van der Waals surface area contributed by atoms with Gasteiger partial charge in [-0.1, -0.05) is 111 Å². The van der Waals surface area contributed by atoms with Crippen molar-refractivity contribution in [2.24, 2.45) is 0 Å². The summed E-state index contributed by atoms with van der Waals surface area (Å²) in [5.74, 6) is 1.81. The van der Waals surface area contributed by atoms with E-state index in [4.69, 9.17) is 70.2 Å². The van der Waals surface area contributed by atoms with Crippen LogP contribution in [0.25, 0.3) is 44.9 Å². The SMILES string of the molecule is COc1ccc(C(OC[C@H](CN2CCN(C)CC2)Oc2c(Cl)cc(-c3c(-c4ccc(F)cc4)oc4ncnc(OC(Cc5cc(O[Si](C)(C)C(C)(C)C)ccc5OCc5ccnc(-c6ccccc6OC)n5)C(=O)O)c34)cc2Cl)(c2ccccc2)c2ccc(OC)cc2)cc1. The van der Waals surface area contributed by atoms with Crippen LogP contribution in [0.5, 0.6) is 40.4 Å². The fraction of sp³-hybridized carbons (Fsp3) is 0.284. The second-order valence-corrected chi connectivity index (χ2v) is 30.3. The molecule has 1 unspecified atom stereocenters. The minimum atomic E-state index is -2.41. The predicted octanol–water partition coefficient (Wildman–Crippen LogP) is 15.5. The first-order chi connectivity index (χ1) is 45.7. The Bertz CT molecular complexity index is 4220. The lowest BCUT2D eigenvalue weighted by molar-refractivity contribution is -0.145. The zero-order valence-electron chi connectivity index (χ0n) is 54.4. The highest BCUT2D eigenvalue weighted by molar-refractivity contribution is 6.74. The van der Waals surface area contributed by atoms with Crippen molar-refractivity contribution >= 4 is 48.6 Å². The van der Waals surface area contributed by atoms with Gasteiger partial charge in [0.2, 0.25) is 26.0 Å². The van der Waals surface area contributed by atoms with Gasteiger partial charge in [0.15, 0.2) is 11.6 Å². The van der Waals surface area contributed by atoms with Crippen molar-refractivity contribution in [2.45, 2.75) is 69.7 Å². The van der Waals surface area contributed by atoms with Crippen molar-refractivity contribution < 1.29 is 56.3 Å². The first-order valence-corrected chi connectivity index (χ1v) is 34.8. The van der Waals surface area contributed by atoms with Gasteiger partial charge in [0.05, 0.1) is 49.2 Å². The summed E-state index contributed by atoms with van der Waals surface area (Å²) in [6, 6.07) is 49.3. The third-order valence-electron chi connectivity index (χ3n) is 17.4. The number of carboxylic acids is 1. The molecule has 0 bridgehead atoms. The highest BCUT2D eigenvalue weighted by Crippen LogP contribution is 2.49. The maximum absolute atomic E-state index is 14.7. The van der Waals surface area contributed by atoms with Crippen LogP contribution in [-0.4, -0.2) is 129 Å². The van der Waals surface area contributed by atoms with Crippen molar-refractivity contribution in [2.75, 3.05) is 67.7 Å². The molecule has 10 aromatic rings. The Kier molecular flexibility index (Phi) is 20.8. The standard InChI is InChI=1S/C74H75Cl2FN6O11Si/c1-73(2,3)95(8,9)94-57-31-32-62(89-44-54-33-34-78-69(81-54)59-17-13-14-18-63(59)88-7)48(39-57)42-64(72(84)85)92-70-66-65(67(93-71(66)80-46-79-70)47-19-25-53(77)26-20-47)49-40-60(75)68(61(76)41-49)91-58(43-83-37-35-82(4)36-38-83)45-90-74(50-15-11-10-12-16-50,51-21-27-55(86-5)28-22-51)52-23-29-56(87-6)30-24-52/h10-34,39-41,46,58,64H,35-38,42-45H2,1-9H3,(H,84,85)/t58-,64?/m0/s1. The van der Waals surface area contributed by atoms with Crippen LogP contribution in [0.4, 0.5) is 4.39 Å². The molecule has 0 aliphatic carbocycles. The molecule has 0 spiro atoms. The van der Waals surface area contributed by atoms with Crippen LogP contribution in [-0.2, 0) is 28.2 Å². The number of ether oxygens (including phenoxy) is 7. The maximum Gasteiger partial charge on any atom is 0.345 e. The summed E-state index contributed by atoms with van der Waals surface area (Å²) in [6.45, 7) is 14.4. The molecule has 2 atom stereocenters. The van der Waals surface area contributed by atoms with Gasteiger partial charge in [-0.15, -0.1) is 0 Å². The molecule has 1 aliphatic rings. The average molecular weight is 1340 g/mol. The first-order valence-electron chi connectivity index (χ1n) is 31.1. The molecule has 0 saturated carbocycles. The number of rotatable bonds is 26. The van der Waals surface area contributed by atoms with Crippen molar-refractivity contribution in [1.29, 1.82) is 0 Å². The van der Waals surface area contributed by atoms with Gasteiger partial charge in [-0.3, -0.25) is 4.90 Å². The molecule has 11 rings (SSSR count). The predicted molar refractivity (Wildman–Crippen MR) is 368 cm³/mol. The second kappa shape index (κ2) is 29.3. The Labute approximate surface area is 563 Å². The molecule has 0 amide bonds. The Morgan fingerprint density at radius 3 is 1.97 bits per heavy atom. The van der Waals surface area contributed by atoms with Crippen LogP contribution in [0.15, 0.2) is 181 Å². The molecule has 7 aromatic carbocycles. The lowest BCUT2D eigenvalue weighted by Gasteiger charge is -2.39. The van der Waals surface area contributed by atoms with E-state index < -0.39 is 37.9 Å². The molecule has 3 aromatic heterocycles. The quantitative estimate of drug-likeness (QED) is 0.0399. The monoisotopic (exact) mass is 1340 g/mol. The van der Waals surface area contributed by atoms with E-state index in [1.54, 1.807) is 70.0 Å².